The Kier molecular flexibility index (Phi) is 6.58. The van der Waals surface area contributed by atoms with Gasteiger partial charge in [-0.05, 0) is 29.1 Å². The Labute approximate surface area is 162 Å². The molecule has 1 fully saturated rings. The highest BCUT2D eigenvalue weighted by molar-refractivity contribution is 7.12. The molecule has 1 aliphatic heterocycles. The highest BCUT2D eigenvalue weighted by atomic mass is 32.1. The molecule has 144 valence electrons. The fourth-order valence-electron chi connectivity index (χ4n) is 3.16. The van der Waals surface area contributed by atoms with Gasteiger partial charge < -0.3 is 9.64 Å². The number of thiophene rings is 1. The number of ketones is 1. The number of Topliss-reactive ketones (excluding diaryl/α,β-unsaturated/α-hetero) is 1. The number of piperazine rings is 1. The van der Waals surface area contributed by atoms with Crippen molar-refractivity contribution in [2.75, 3.05) is 33.3 Å². The molecule has 0 saturated carbocycles. The second-order valence-corrected chi connectivity index (χ2v) is 7.47. The van der Waals surface area contributed by atoms with Crippen LogP contribution in [0.25, 0.3) is 0 Å². The Morgan fingerprint density at radius 3 is 2.56 bits per heavy atom. The fourth-order valence-corrected chi connectivity index (χ4v) is 3.86. The predicted molar refractivity (Wildman–Crippen MR) is 103 cm³/mol. The van der Waals surface area contributed by atoms with Gasteiger partial charge in [-0.1, -0.05) is 12.1 Å². The summed E-state index contributed by atoms with van der Waals surface area (Å²) in [5, 5.41) is 1.86. The number of carbonyl (C=O) groups is 2. The van der Waals surface area contributed by atoms with Crippen LogP contribution < -0.4 is 4.74 Å². The third kappa shape index (κ3) is 5.14. The quantitative estimate of drug-likeness (QED) is 0.682. The summed E-state index contributed by atoms with van der Waals surface area (Å²) in [6, 6.07) is 8.61. The number of halogens is 1. The Morgan fingerprint density at radius 2 is 1.93 bits per heavy atom. The topological polar surface area (TPSA) is 49.9 Å². The molecule has 0 unspecified atom stereocenters. The van der Waals surface area contributed by atoms with Crippen molar-refractivity contribution in [3.63, 3.8) is 0 Å². The molecule has 1 aromatic carbocycles. The van der Waals surface area contributed by atoms with Crippen LogP contribution in [-0.2, 0) is 11.3 Å². The van der Waals surface area contributed by atoms with Crippen molar-refractivity contribution < 1.29 is 18.7 Å². The maximum absolute atomic E-state index is 13.8. The standard InChI is InChI=1S/C20H23FN2O3S/c1-26-18-6-4-15(13-16(18)21)14-22-8-10-23(11-9-22)20(25)7-5-17(24)19-3-2-12-27-19/h2-4,6,12-13H,5,7-11,14H2,1H3. The summed E-state index contributed by atoms with van der Waals surface area (Å²) in [7, 11) is 1.45. The van der Waals surface area contributed by atoms with Gasteiger partial charge in [0.15, 0.2) is 17.3 Å². The molecule has 0 atom stereocenters. The van der Waals surface area contributed by atoms with E-state index in [1.165, 1.54) is 24.5 Å². The number of methoxy groups -OCH3 is 1. The van der Waals surface area contributed by atoms with E-state index in [2.05, 4.69) is 4.90 Å². The van der Waals surface area contributed by atoms with Crippen LogP contribution in [0, 0.1) is 5.82 Å². The van der Waals surface area contributed by atoms with Crippen molar-refractivity contribution in [2.24, 2.45) is 0 Å². The molecule has 0 aliphatic carbocycles. The highest BCUT2D eigenvalue weighted by Gasteiger charge is 2.22. The molecule has 7 heteroatoms. The zero-order valence-corrected chi connectivity index (χ0v) is 16.1. The number of carbonyl (C=O) groups excluding carboxylic acids is 2. The van der Waals surface area contributed by atoms with Crippen LogP contribution in [0.3, 0.4) is 0 Å². The lowest BCUT2D eigenvalue weighted by atomic mass is 10.1. The van der Waals surface area contributed by atoms with Crippen molar-refractivity contribution in [2.45, 2.75) is 19.4 Å². The first-order chi connectivity index (χ1) is 13.1. The fraction of sp³-hybridized carbons (Fsp3) is 0.400. The summed E-state index contributed by atoms with van der Waals surface area (Å²) < 4.78 is 18.7. The van der Waals surface area contributed by atoms with Crippen LogP contribution in [0.4, 0.5) is 4.39 Å². The second kappa shape index (κ2) is 9.10. The Morgan fingerprint density at radius 1 is 1.15 bits per heavy atom. The van der Waals surface area contributed by atoms with Gasteiger partial charge in [-0.3, -0.25) is 14.5 Å². The number of rotatable bonds is 7. The highest BCUT2D eigenvalue weighted by Crippen LogP contribution is 2.19. The molecular formula is C20H23FN2O3S. The third-order valence-electron chi connectivity index (χ3n) is 4.71. The van der Waals surface area contributed by atoms with Crippen molar-refractivity contribution in [3.8, 4) is 5.75 Å². The number of ether oxygens (including phenoxy) is 1. The lowest BCUT2D eigenvalue weighted by molar-refractivity contribution is -0.132. The first-order valence-corrected chi connectivity index (χ1v) is 9.84. The Hall–Kier alpha value is -2.25. The largest absolute Gasteiger partial charge is 0.494 e. The predicted octanol–water partition coefficient (Wildman–Crippen LogP) is 3.20. The van der Waals surface area contributed by atoms with Crippen LogP contribution in [0.1, 0.15) is 28.1 Å². The summed E-state index contributed by atoms with van der Waals surface area (Å²) in [6.45, 7) is 3.37. The van der Waals surface area contributed by atoms with Crippen LogP contribution in [0.15, 0.2) is 35.7 Å². The number of hydrogen-bond acceptors (Lipinski definition) is 5. The molecule has 1 aromatic heterocycles. The summed E-state index contributed by atoms with van der Waals surface area (Å²) in [5.74, 6) is -0.0703. The molecular weight excluding hydrogens is 367 g/mol. The number of nitrogens with zero attached hydrogens (tertiary/aromatic N) is 2. The molecule has 1 saturated heterocycles. The van der Waals surface area contributed by atoms with E-state index >= 15 is 0 Å². The van der Waals surface area contributed by atoms with E-state index < -0.39 is 0 Å². The van der Waals surface area contributed by atoms with E-state index in [0.29, 0.717) is 24.5 Å². The number of benzene rings is 1. The van der Waals surface area contributed by atoms with E-state index in [1.54, 1.807) is 12.1 Å². The lowest BCUT2D eigenvalue weighted by Gasteiger charge is -2.34. The first-order valence-electron chi connectivity index (χ1n) is 8.96. The van der Waals surface area contributed by atoms with Crippen molar-refractivity contribution >= 4 is 23.0 Å². The SMILES string of the molecule is COc1ccc(CN2CCN(C(=O)CCC(=O)c3cccs3)CC2)cc1F. The molecule has 0 spiro atoms. The maximum atomic E-state index is 13.8. The summed E-state index contributed by atoms with van der Waals surface area (Å²) in [5.41, 5.74) is 0.884. The van der Waals surface area contributed by atoms with E-state index in [0.717, 1.165) is 18.7 Å². The van der Waals surface area contributed by atoms with Crippen LogP contribution in [0.5, 0.6) is 5.75 Å². The second-order valence-electron chi connectivity index (χ2n) is 6.53. The van der Waals surface area contributed by atoms with Gasteiger partial charge >= 0.3 is 0 Å². The summed E-state index contributed by atoms with van der Waals surface area (Å²) in [4.78, 5) is 29.1. The van der Waals surface area contributed by atoms with Gasteiger partial charge in [0.05, 0.1) is 12.0 Å². The minimum atomic E-state index is -0.362. The van der Waals surface area contributed by atoms with Crippen LogP contribution in [0.2, 0.25) is 0 Å². The van der Waals surface area contributed by atoms with Crippen molar-refractivity contribution in [1.29, 1.82) is 0 Å². The number of hydrogen-bond donors (Lipinski definition) is 0. The molecule has 1 aliphatic rings. The van der Waals surface area contributed by atoms with Crippen molar-refractivity contribution in [1.82, 2.24) is 9.80 Å². The summed E-state index contributed by atoms with van der Waals surface area (Å²) >= 11 is 1.41. The van der Waals surface area contributed by atoms with E-state index in [-0.39, 0.29) is 36.1 Å². The zero-order valence-electron chi connectivity index (χ0n) is 15.3. The van der Waals surface area contributed by atoms with Gasteiger partial charge in [0.25, 0.3) is 0 Å². The molecule has 2 aromatic rings. The van der Waals surface area contributed by atoms with Crippen LogP contribution in [-0.4, -0.2) is 54.8 Å². The minimum Gasteiger partial charge on any atom is -0.494 e. The van der Waals surface area contributed by atoms with E-state index in [9.17, 15) is 14.0 Å². The van der Waals surface area contributed by atoms with Crippen molar-refractivity contribution in [3.05, 3.63) is 52.0 Å². The smallest absolute Gasteiger partial charge is 0.223 e. The van der Waals surface area contributed by atoms with Gasteiger partial charge in [0, 0.05) is 45.6 Å². The van der Waals surface area contributed by atoms with Gasteiger partial charge in [0.1, 0.15) is 0 Å². The van der Waals surface area contributed by atoms with Gasteiger partial charge in [-0.15, -0.1) is 11.3 Å². The maximum Gasteiger partial charge on any atom is 0.223 e. The monoisotopic (exact) mass is 390 g/mol. The Bertz CT molecular complexity index is 787. The summed E-state index contributed by atoms with van der Waals surface area (Å²) in [6.07, 6.45) is 0.505. The molecule has 2 heterocycles. The first kappa shape index (κ1) is 19.5. The average Bonchev–Trinajstić information content (AvgIpc) is 3.21. The molecule has 1 amide bonds. The molecule has 0 radical (unpaired) electrons. The molecule has 27 heavy (non-hydrogen) atoms. The molecule has 0 bridgehead atoms. The zero-order chi connectivity index (χ0) is 19.2. The van der Waals surface area contributed by atoms with Gasteiger partial charge in [-0.25, -0.2) is 4.39 Å². The molecule has 5 nitrogen and oxygen atoms in total. The third-order valence-corrected chi connectivity index (χ3v) is 5.62. The van der Waals surface area contributed by atoms with E-state index in [4.69, 9.17) is 4.74 Å². The van der Waals surface area contributed by atoms with Crippen LogP contribution >= 0.6 is 11.3 Å². The normalized spacial score (nSPS) is 15.0. The number of amides is 1. The van der Waals surface area contributed by atoms with E-state index in [1.807, 2.05) is 22.4 Å². The molecule has 3 rings (SSSR count). The molecule has 0 N–H and O–H groups in total. The Balaban J connectivity index is 1.43. The minimum absolute atomic E-state index is 0.0232. The average molecular weight is 390 g/mol. The van der Waals surface area contributed by atoms with Gasteiger partial charge in [0.2, 0.25) is 5.91 Å². The lowest BCUT2D eigenvalue weighted by Crippen LogP contribution is -2.48. The van der Waals surface area contributed by atoms with Gasteiger partial charge in [-0.2, -0.15) is 0 Å².